The molecule has 0 N–H and O–H groups in total. The molecule has 1 atom stereocenters. The van der Waals surface area contributed by atoms with Crippen LogP contribution in [0.25, 0.3) is 11.0 Å². The molecule has 0 saturated carbocycles. The number of fused-ring (bicyclic) bond motifs is 1. The highest BCUT2D eigenvalue weighted by Crippen LogP contribution is 2.22. The van der Waals surface area contributed by atoms with Crippen LogP contribution in [0.15, 0.2) is 18.2 Å². The van der Waals surface area contributed by atoms with Crippen molar-refractivity contribution < 1.29 is 0 Å². The van der Waals surface area contributed by atoms with Crippen LogP contribution < -0.4 is 0 Å². The Hall–Kier alpha value is -1.02. The molecule has 0 aliphatic rings. The number of hydrogen-bond acceptors (Lipinski definition) is 1. The van der Waals surface area contributed by atoms with Crippen molar-refractivity contribution in [1.82, 2.24) is 9.55 Å². The summed E-state index contributed by atoms with van der Waals surface area (Å²) in [7, 11) is 0. The Morgan fingerprint density at radius 1 is 1.41 bits per heavy atom. The number of benzene rings is 1. The topological polar surface area (TPSA) is 17.8 Å². The smallest absolute Gasteiger partial charge is 0.124 e. The van der Waals surface area contributed by atoms with Crippen LogP contribution in [0.5, 0.6) is 0 Å². The first kappa shape index (κ1) is 12.4. The summed E-state index contributed by atoms with van der Waals surface area (Å²) in [5.74, 6) is 2.11. The van der Waals surface area contributed by atoms with E-state index in [1.807, 2.05) is 0 Å². The summed E-state index contributed by atoms with van der Waals surface area (Å²) in [6.07, 6.45) is 1.17. The quantitative estimate of drug-likeness (QED) is 0.746. The lowest BCUT2D eigenvalue weighted by Crippen LogP contribution is -2.09. The lowest BCUT2D eigenvalue weighted by Gasteiger charge is -2.12. The fraction of sp³-hybridized carbons (Fsp3) is 0.500. The van der Waals surface area contributed by atoms with Gasteiger partial charge in [0, 0.05) is 6.54 Å². The lowest BCUT2D eigenvalue weighted by molar-refractivity contribution is 0.469. The second kappa shape index (κ2) is 5.09. The molecule has 0 amide bonds. The minimum Gasteiger partial charge on any atom is -0.327 e. The Morgan fingerprint density at radius 2 is 2.18 bits per heavy atom. The summed E-state index contributed by atoms with van der Waals surface area (Å²) in [6.45, 7) is 7.58. The molecule has 1 aromatic heterocycles. The SMILES string of the molecule is CCC(C)Cn1c(CCl)nc2c(C)cccc21. The van der Waals surface area contributed by atoms with E-state index in [0.29, 0.717) is 11.8 Å². The van der Waals surface area contributed by atoms with E-state index in [1.54, 1.807) is 0 Å². The zero-order valence-corrected chi connectivity index (χ0v) is 11.5. The highest BCUT2D eigenvalue weighted by molar-refractivity contribution is 6.16. The van der Waals surface area contributed by atoms with Crippen LogP contribution in [0.3, 0.4) is 0 Å². The molecule has 2 rings (SSSR count). The lowest BCUT2D eigenvalue weighted by atomic mass is 10.1. The largest absolute Gasteiger partial charge is 0.327 e. The van der Waals surface area contributed by atoms with E-state index in [0.717, 1.165) is 17.9 Å². The molecule has 0 saturated heterocycles. The molecule has 1 aromatic carbocycles. The summed E-state index contributed by atoms with van der Waals surface area (Å²) < 4.78 is 2.27. The molecule has 2 aromatic rings. The summed E-state index contributed by atoms with van der Waals surface area (Å²) >= 11 is 6.00. The predicted octanol–water partition coefficient (Wildman–Crippen LogP) is 4.13. The number of aryl methyl sites for hydroxylation is 1. The fourth-order valence-electron chi connectivity index (χ4n) is 2.08. The maximum absolute atomic E-state index is 6.00. The number of alkyl halides is 1. The van der Waals surface area contributed by atoms with Gasteiger partial charge in [0.2, 0.25) is 0 Å². The average molecular weight is 251 g/mol. The Labute approximate surface area is 108 Å². The second-order valence-electron chi connectivity index (χ2n) is 4.73. The second-order valence-corrected chi connectivity index (χ2v) is 5.00. The molecule has 17 heavy (non-hydrogen) atoms. The zero-order chi connectivity index (χ0) is 12.4. The van der Waals surface area contributed by atoms with E-state index in [2.05, 4.69) is 48.5 Å². The van der Waals surface area contributed by atoms with Crippen molar-refractivity contribution in [3.63, 3.8) is 0 Å². The molecular formula is C14H19ClN2. The van der Waals surface area contributed by atoms with Gasteiger partial charge >= 0.3 is 0 Å². The molecule has 0 radical (unpaired) electrons. The third-order valence-corrected chi connectivity index (χ3v) is 3.61. The van der Waals surface area contributed by atoms with Gasteiger partial charge in [0.25, 0.3) is 0 Å². The minimum absolute atomic E-state index is 0.477. The van der Waals surface area contributed by atoms with Crippen molar-refractivity contribution in [3.8, 4) is 0 Å². The molecule has 2 nitrogen and oxygen atoms in total. The number of hydrogen-bond donors (Lipinski definition) is 0. The standard InChI is InChI=1S/C14H19ClN2/c1-4-10(2)9-17-12-7-5-6-11(3)14(12)16-13(17)8-15/h5-7,10H,4,8-9H2,1-3H3. The number of para-hydroxylation sites is 1. The van der Waals surface area contributed by atoms with Crippen molar-refractivity contribution in [2.24, 2.45) is 5.92 Å². The highest BCUT2D eigenvalue weighted by Gasteiger charge is 2.12. The van der Waals surface area contributed by atoms with Crippen molar-refractivity contribution in [3.05, 3.63) is 29.6 Å². The Morgan fingerprint density at radius 3 is 2.82 bits per heavy atom. The van der Waals surface area contributed by atoms with Crippen LogP contribution in [0, 0.1) is 12.8 Å². The van der Waals surface area contributed by atoms with E-state index in [4.69, 9.17) is 11.6 Å². The first-order valence-corrected chi connectivity index (χ1v) is 6.71. The Bertz CT molecular complexity index is 516. The van der Waals surface area contributed by atoms with Gasteiger partial charge in [0.05, 0.1) is 16.9 Å². The molecule has 0 spiro atoms. The van der Waals surface area contributed by atoms with E-state index in [1.165, 1.54) is 17.5 Å². The first-order valence-electron chi connectivity index (χ1n) is 6.18. The number of rotatable bonds is 4. The van der Waals surface area contributed by atoms with Gasteiger partial charge in [-0.2, -0.15) is 0 Å². The number of imidazole rings is 1. The van der Waals surface area contributed by atoms with Crippen molar-refractivity contribution in [1.29, 1.82) is 0 Å². The summed E-state index contributed by atoms with van der Waals surface area (Å²) in [4.78, 5) is 4.65. The molecule has 0 aliphatic heterocycles. The predicted molar refractivity (Wildman–Crippen MR) is 73.5 cm³/mol. The normalized spacial score (nSPS) is 13.2. The molecule has 92 valence electrons. The van der Waals surface area contributed by atoms with Crippen molar-refractivity contribution in [2.45, 2.75) is 39.6 Å². The van der Waals surface area contributed by atoms with Gasteiger partial charge in [-0.3, -0.25) is 0 Å². The summed E-state index contributed by atoms with van der Waals surface area (Å²) in [6, 6.07) is 6.32. The molecule has 1 heterocycles. The number of aromatic nitrogens is 2. The van der Waals surface area contributed by atoms with E-state index in [9.17, 15) is 0 Å². The fourth-order valence-corrected chi connectivity index (χ4v) is 2.29. The first-order chi connectivity index (χ1) is 8.17. The van der Waals surface area contributed by atoms with E-state index in [-0.39, 0.29) is 0 Å². The van der Waals surface area contributed by atoms with Gasteiger partial charge in [0.1, 0.15) is 5.82 Å². The number of nitrogens with zero attached hydrogens (tertiary/aromatic N) is 2. The molecular weight excluding hydrogens is 232 g/mol. The Kier molecular flexibility index (Phi) is 3.72. The van der Waals surface area contributed by atoms with Crippen LogP contribution in [0.4, 0.5) is 0 Å². The maximum Gasteiger partial charge on any atom is 0.124 e. The average Bonchev–Trinajstić information content (AvgIpc) is 2.69. The third kappa shape index (κ3) is 2.32. The van der Waals surface area contributed by atoms with Crippen LogP contribution in [0.2, 0.25) is 0 Å². The van der Waals surface area contributed by atoms with E-state index < -0.39 is 0 Å². The molecule has 0 aliphatic carbocycles. The molecule has 1 unspecified atom stereocenters. The zero-order valence-electron chi connectivity index (χ0n) is 10.7. The molecule has 0 bridgehead atoms. The minimum atomic E-state index is 0.477. The van der Waals surface area contributed by atoms with Crippen LogP contribution >= 0.6 is 11.6 Å². The van der Waals surface area contributed by atoms with Crippen molar-refractivity contribution >= 4 is 22.6 Å². The van der Waals surface area contributed by atoms with Gasteiger partial charge in [-0.15, -0.1) is 11.6 Å². The third-order valence-electron chi connectivity index (χ3n) is 3.37. The van der Waals surface area contributed by atoms with Crippen LogP contribution in [-0.4, -0.2) is 9.55 Å². The van der Waals surface area contributed by atoms with Crippen molar-refractivity contribution in [2.75, 3.05) is 0 Å². The Balaban J connectivity index is 2.55. The monoisotopic (exact) mass is 250 g/mol. The highest BCUT2D eigenvalue weighted by atomic mass is 35.5. The van der Waals surface area contributed by atoms with Gasteiger partial charge in [-0.05, 0) is 24.5 Å². The van der Waals surface area contributed by atoms with E-state index >= 15 is 0 Å². The molecule has 0 fully saturated rings. The number of halogens is 1. The van der Waals surface area contributed by atoms with Crippen LogP contribution in [-0.2, 0) is 12.4 Å². The molecule has 3 heteroatoms. The summed E-state index contributed by atoms with van der Waals surface area (Å²) in [5, 5.41) is 0. The van der Waals surface area contributed by atoms with Gasteiger partial charge in [-0.1, -0.05) is 32.4 Å². The van der Waals surface area contributed by atoms with Gasteiger partial charge in [-0.25, -0.2) is 4.98 Å². The van der Waals surface area contributed by atoms with Gasteiger partial charge in [0.15, 0.2) is 0 Å². The van der Waals surface area contributed by atoms with Crippen LogP contribution in [0.1, 0.15) is 31.7 Å². The maximum atomic E-state index is 6.00. The summed E-state index contributed by atoms with van der Waals surface area (Å²) in [5.41, 5.74) is 3.52. The van der Waals surface area contributed by atoms with Gasteiger partial charge < -0.3 is 4.57 Å².